The fourth-order valence-corrected chi connectivity index (χ4v) is 4.46. The number of hydrogen-bond donors (Lipinski definition) is 2. The summed E-state index contributed by atoms with van der Waals surface area (Å²) in [4.78, 5) is 14.3. The van der Waals surface area contributed by atoms with E-state index in [-0.39, 0.29) is 6.03 Å². The maximum absolute atomic E-state index is 12.5. The number of nitrogens with zero attached hydrogens (tertiary/aromatic N) is 1. The first-order valence-electron chi connectivity index (χ1n) is 8.63. The summed E-state index contributed by atoms with van der Waals surface area (Å²) in [6.45, 7) is 1.37. The van der Waals surface area contributed by atoms with E-state index in [4.69, 9.17) is 11.6 Å². The Labute approximate surface area is 152 Å². The van der Waals surface area contributed by atoms with Gasteiger partial charge in [-0.05, 0) is 48.4 Å². The molecule has 0 radical (unpaired) electrons. The summed E-state index contributed by atoms with van der Waals surface area (Å²) < 4.78 is 0. The van der Waals surface area contributed by atoms with E-state index < -0.39 is 5.60 Å². The summed E-state index contributed by atoms with van der Waals surface area (Å²) in [5, 5.41) is 14.5. The predicted octanol–water partition coefficient (Wildman–Crippen LogP) is 4.10. The Morgan fingerprint density at radius 2 is 1.76 bits per heavy atom. The van der Waals surface area contributed by atoms with Gasteiger partial charge in [0.15, 0.2) is 0 Å². The molecule has 0 bridgehead atoms. The van der Waals surface area contributed by atoms with Crippen LogP contribution in [0.3, 0.4) is 0 Å². The zero-order valence-electron chi connectivity index (χ0n) is 13.9. The van der Waals surface area contributed by atoms with Crippen molar-refractivity contribution >= 4 is 23.3 Å². The summed E-state index contributed by atoms with van der Waals surface area (Å²) in [5.74, 6) is 0.686. The van der Waals surface area contributed by atoms with E-state index in [2.05, 4.69) is 5.32 Å². The van der Waals surface area contributed by atoms with Gasteiger partial charge in [-0.1, -0.05) is 48.0 Å². The first kappa shape index (κ1) is 16.4. The third-order valence-corrected chi connectivity index (χ3v) is 5.69. The van der Waals surface area contributed by atoms with Crippen LogP contribution in [0.15, 0.2) is 54.6 Å². The minimum absolute atomic E-state index is 0.0973. The van der Waals surface area contributed by atoms with E-state index in [1.165, 1.54) is 0 Å². The van der Waals surface area contributed by atoms with Crippen molar-refractivity contribution in [3.8, 4) is 0 Å². The van der Waals surface area contributed by atoms with Crippen LogP contribution in [0.4, 0.5) is 10.5 Å². The van der Waals surface area contributed by atoms with Gasteiger partial charge in [-0.3, -0.25) is 0 Å². The summed E-state index contributed by atoms with van der Waals surface area (Å²) in [7, 11) is 0. The van der Waals surface area contributed by atoms with Crippen LogP contribution >= 0.6 is 11.6 Å². The van der Waals surface area contributed by atoms with Gasteiger partial charge in [0.2, 0.25) is 0 Å². The number of nitrogens with one attached hydrogen (secondary N) is 1. The predicted molar refractivity (Wildman–Crippen MR) is 98.6 cm³/mol. The Morgan fingerprint density at radius 3 is 2.40 bits per heavy atom. The van der Waals surface area contributed by atoms with E-state index in [1.807, 2.05) is 47.4 Å². The maximum atomic E-state index is 12.5. The van der Waals surface area contributed by atoms with Crippen LogP contribution in [0.5, 0.6) is 0 Å². The number of urea groups is 1. The Bertz CT molecular complexity index is 766. The lowest BCUT2D eigenvalue weighted by Crippen LogP contribution is -2.35. The molecule has 0 unspecified atom stereocenters. The lowest BCUT2D eigenvalue weighted by molar-refractivity contribution is 0.0328. The molecule has 1 aliphatic carbocycles. The highest BCUT2D eigenvalue weighted by molar-refractivity contribution is 6.30. The number of carbonyl (C=O) groups excluding carboxylic acids is 1. The molecular weight excluding hydrogens is 336 g/mol. The largest absolute Gasteiger partial charge is 0.385 e. The van der Waals surface area contributed by atoms with E-state index in [0.29, 0.717) is 48.5 Å². The second kappa shape index (κ2) is 6.36. The van der Waals surface area contributed by atoms with Gasteiger partial charge < -0.3 is 15.3 Å². The van der Waals surface area contributed by atoms with Gasteiger partial charge in [-0.15, -0.1) is 0 Å². The van der Waals surface area contributed by atoms with E-state index >= 15 is 0 Å². The summed E-state index contributed by atoms with van der Waals surface area (Å²) >= 11 is 5.96. The van der Waals surface area contributed by atoms with Crippen molar-refractivity contribution < 1.29 is 9.90 Å². The molecule has 4 nitrogen and oxygen atoms in total. The molecule has 2 fully saturated rings. The highest BCUT2D eigenvalue weighted by Gasteiger charge is 2.49. The van der Waals surface area contributed by atoms with Crippen LogP contribution < -0.4 is 5.32 Å². The number of rotatable bonds is 2. The number of benzene rings is 2. The van der Waals surface area contributed by atoms with E-state index in [0.717, 1.165) is 5.56 Å². The fraction of sp³-hybridized carbons (Fsp3) is 0.350. The highest BCUT2D eigenvalue weighted by atomic mass is 35.5. The third kappa shape index (κ3) is 3.24. The molecule has 2 aliphatic rings. The number of hydrogen-bond acceptors (Lipinski definition) is 2. The molecule has 0 spiro atoms. The van der Waals surface area contributed by atoms with Crippen LogP contribution in [0, 0.1) is 11.8 Å². The average molecular weight is 357 g/mol. The van der Waals surface area contributed by atoms with Gasteiger partial charge in [-0.2, -0.15) is 0 Å². The molecule has 25 heavy (non-hydrogen) atoms. The minimum Gasteiger partial charge on any atom is -0.385 e. The Kier molecular flexibility index (Phi) is 4.18. The van der Waals surface area contributed by atoms with Crippen molar-refractivity contribution in [3.05, 3.63) is 65.2 Å². The van der Waals surface area contributed by atoms with Gasteiger partial charge >= 0.3 is 6.03 Å². The van der Waals surface area contributed by atoms with E-state index in [1.54, 1.807) is 12.1 Å². The standard InChI is InChI=1S/C20H21ClN2O2/c21-17-7-4-8-18(9-17)22-19(24)23-12-14-10-20(25,11-15(14)13-23)16-5-2-1-3-6-16/h1-9,14-15,25H,10-13H2,(H,22,24)/t14-,15+,20-. The van der Waals surface area contributed by atoms with Crippen molar-refractivity contribution in [1.82, 2.24) is 4.90 Å². The monoisotopic (exact) mass is 356 g/mol. The molecule has 1 saturated carbocycles. The van der Waals surface area contributed by atoms with Crippen LogP contribution in [0.2, 0.25) is 5.02 Å². The molecule has 2 amide bonds. The van der Waals surface area contributed by atoms with Gasteiger partial charge in [0, 0.05) is 23.8 Å². The van der Waals surface area contributed by atoms with Gasteiger partial charge in [0.05, 0.1) is 5.60 Å². The molecule has 130 valence electrons. The lowest BCUT2D eigenvalue weighted by Gasteiger charge is -2.26. The second-order valence-corrected chi connectivity index (χ2v) is 7.61. The quantitative estimate of drug-likeness (QED) is 0.851. The molecule has 2 aromatic carbocycles. The first-order valence-corrected chi connectivity index (χ1v) is 9.01. The van der Waals surface area contributed by atoms with Gasteiger partial charge in [0.1, 0.15) is 0 Å². The van der Waals surface area contributed by atoms with Crippen LogP contribution in [0.1, 0.15) is 18.4 Å². The zero-order valence-corrected chi connectivity index (χ0v) is 14.6. The Morgan fingerprint density at radius 1 is 1.08 bits per heavy atom. The van der Waals surface area contributed by atoms with Crippen molar-refractivity contribution in [3.63, 3.8) is 0 Å². The number of aliphatic hydroxyl groups is 1. The number of halogens is 1. The average Bonchev–Trinajstić information content (AvgIpc) is 3.11. The minimum atomic E-state index is -0.758. The molecule has 4 rings (SSSR count). The Hall–Kier alpha value is -2.04. The van der Waals surface area contributed by atoms with Crippen LogP contribution in [-0.4, -0.2) is 29.1 Å². The molecule has 1 aliphatic heterocycles. The van der Waals surface area contributed by atoms with Crippen molar-refractivity contribution in [1.29, 1.82) is 0 Å². The lowest BCUT2D eigenvalue weighted by atomic mass is 9.90. The molecular formula is C20H21ClN2O2. The Balaban J connectivity index is 1.40. The number of anilines is 1. The fourth-order valence-electron chi connectivity index (χ4n) is 4.27. The molecule has 2 N–H and O–H groups in total. The highest BCUT2D eigenvalue weighted by Crippen LogP contribution is 2.48. The number of amides is 2. The van der Waals surface area contributed by atoms with Gasteiger partial charge in [-0.25, -0.2) is 4.79 Å². The maximum Gasteiger partial charge on any atom is 0.321 e. The molecule has 0 aromatic heterocycles. The summed E-state index contributed by atoms with van der Waals surface area (Å²) in [6, 6.07) is 16.9. The molecule has 1 saturated heterocycles. The van der Waals surface area contributed by atoms with E-state index in [9.17, 15) is 9.90 Å². The SMILES string of the molecule is O=C(Nc1cccc(Cl)c1)N1C[C@@H]2C[C@@](O)(c3ccccc3)C[C@@H]2C1. The smallest absolute Gasteiger partial charge is 0.321 e. The number of carbonyl (C=O) groups is 1. The van der Waals surface area contributed by atoms with Crippen molar-refractivity contribution in [2.75, 3.05) is 18.4 Å². The molecule has 1 heterocycles. The zero-order chi connectivity index (χ0) is 17.4. The van der Waals surface area contributed by atoms with Crippen molar-refractivity contribution in [2.45, 2.75) is 18.4 Å². The van der Waals surface area contributed by atoms with Gasteiger partial charge in [0.25, 0.3) is 0 Å². The summed E-state index contributed by atoms with van der Waals surface area (Å²) in [6.07, 6.45) is 1.42. The third-order valence-electron chi connectivity index (χ3n) is 5.45. The molecule has 5 heteroatoms. The van der Waals surface area contributed by atoms with Crippen LogP contribution in [-0.2, 0) is 5.60 Å². The topological polar surface area (TPSA) is 52.6 Å². The number of fused-ring (bicyclic) bond motifs is 1. The normalized spacial score (nSPS) is 28.0. The number of likely N-dealkylation sites (tertiary alicyclic amines) is 1. The summed E-state index contributed by atoms with van der Waals surface area (Å²) in [5.41, 5.74) is 0.932. The molecule has 3 atom stereocenters. The first-order chi connectivity index (χ1) is 12.0. The molecule has 2 aromatic rings. The van der Waals surface area contributed by atoms with Crippen molar-refractivity contribution in [2.24, 2.45) is 11.8 Å². The second-order valence-electron chi connectivity index (χ2n) is 7.17. The van der Waals surface area contributed by atoms with Crippen LogP contribution in [0.25, 0.3) is 0 Å².